The molecule has 116 valence electrons. The van der Waals surface area contributed by atoms with Crippen LogP contribution in [-0.2, 0) is 0 Å². The number of hydrogen-bond donors (Lipinski definition) is 2. The van der Waals surface area contributed by atoms with E-state index in [2.05, 4.69) is 22.2 Å². The standard InChI is InChI=1S/C16H20N4O2/c1-2-4-13(17)10-20-16(21)12-5-3-6-14(9-12)22-15-11-18-7-8-19-15/h3,5-9,11,13H,2,4,10,17H2,1H3,(H,20,21)/t13-/m1/s1. The molecule has 0 radical (unpaired) electrons. The fraction of sp³-hybridized carbons (Fsp3) is 0.312. The average Bonchev–Trinajstić information content (AvgIpc) is 2.54. The molecule has 1 amide bonds. The van der Waals surface area contributed by atoms with Gasteiger partial charge in [0.15, 0.2) is 0 Å². The number of nitrogens with zero attached hydrogens (tertiary/aromatic N) is 2. The monoisotopic (exact) mass is 300 g/mol. The second-order valence-electron chi connectivity index (χ2n) is 4.93. The molecule has 2 rings (SSSR count). The number of hydrogen-bond acceptors (Lipinski definition) is 5. The van der Waals surface area contributed by atoms with Gasteiger partial charge in [0.2, 0.25) is 5.88 Å². The number of ether oxygens (including phenoxy) is 1. The number of nitrogens with two attached hydrogens (primary N) is 1. The van der Waals surface area contributed by atoms with Gasteiger partial charge in [-0.25, -0.2) is 4.98 Å². The first-order valence-electron chi connectivity index (χ1n) is 7.26. The van der Waals surface area contributed by atoms with Gasteiger partial charge in [-0.05, 0) is 24.6 Å². The van der Waals surface area contributed by atoms with E-state index in [1.165, 1.54) is 6.20 Å². The van der Waals surface area contributed by atoms with Crippen LogP contribution in [0.15, 0.2) is 42.9 Å². The molecule has 3 N–H and O–H groups in total. The van der Waals surface area contributed by atoms with Crippen LogP contribution < -0.4 is 15.8 Å². The fourth-order valence-electron chi connectivity index (χ4n) is 1.96. The summed E-state index contributed by atoms with van der Waals surface area (Å²) in [7, 11) is 0. The molecule has 1 aromatic carbocycles. The molecule has 0 aliphatic rings. The Morgan fingerprint density at radius 2 is 2.27 bits per heavy atom. The van der Waals surface area contributed by atoms with Gasteiger partial charge in [0, 0.05) is 30.5 Å². The molecule has 2 aromatic rings. The number of amides is 1. The Labute approximate surface area is 129 Å². The minimum atomic E-state index is -0.170. The van der Waals surface area contributed by atoms with Crippen molar-refractivity contribution in [3.63, 3.8) is 0 Å². The van der Waals surface area contributed by atoms with Crippen LogP contribution in [-0.4, -0.2) is 28.5 Å². The molecule has 22 heavy (non-hydrogen) atoms. The first-order chi connectivity index (χ1) is 10.7. The van der Waals surface area contributed by atoms with Gasteiger partial charge in [0.05, 0.1) is 6.20 Å². The first-order valence-corrected chi connectivity index (χ1v) is 7.26. The third kappa shape index (κ3) is 4.82. The molecule has 1 atom stereocenters. The van der Waals surface area contributed by atoms with E-state index >= 15 is 0 Å². The van der Waals surface area contributed by atoms with Crippen molar-refractivity contribution in [3.05, 3.63) is 48.4 Å². The number of benzene rings is 1. The number of aromatic nitrogens is 2. The molecular weight excluding hydrogens is 280 g/mol. The van der Waals surface area contributed by atoms with Gasteiger partial charge in [-0.1, -0.05) is 19.4 Å². The highest BCUT2D eigenvalue weighted by Gasteiger charge is 2.09. The Balaban J connectivity index is 1.97. The Morgan fingerprint density at radius 1 is 1.41 bits per heavy atom. The van der Waals surface area contributed by atoms with Crippen molar-refractivity contribution in [2.75, 3.05) is 6.54 Å². The van der Waals surface area contributed by atoms with Crippen LogP contribution in [0.5, 0.6) is 11.6 Å². The smallest absolute Gasteiger partial charge is 0.251 e. The van der Waals surface area contributed by atoms with Gasteiger partial charge in [0.1, 0.15) is 5.75 Å². The van der Waals surface area contributed by atoms with Crippen molar-refractivity contribution in [1.29, 1.82) is 0 Å². The van der Waals surface area contributed by atoms with Crippen LogP contribution in [0.25, 0.3) is 0 Å². The van der Waals surface area contributed by atoms with Gasteiger partial charge < -0.3 is 15.8 Å². The molecule has 0 spiro atoms. The molecule has 6 heteroatoms. The molecular formula is C16H20N4O2. The van der Waals surface area contributed by atoms with Crippen molar-refractivity contribution in [1.82, 2.24) is 15.3 Å². The maximum atomic E-state index is 12.1. The number of carbonyl (C=O) groups excluding carboxylic acids is 1. The highest BCUT2D eigenvalue weighted by molar-refractivity contribution is 5.94. The minimum absolute atomic E-state index is 0.0204. The Kier molecular flexibility index (Phi) is 5.85. The summed E-state index contributed by atoms with van der Waals surface area (Å²) in [5.74, 6) is 0.743. The van der Waals surface area contributed by atoms with Crippen molar-refractivity contribution in [2.24, 2.45) is 5.73 Å². The van der Waals surface area contributed by atoms with Crippen LogP contribution in [0.2, 0.25) is 0 Å². The lowest BCUT2D eigenvalue weighted by molar-refractivity contribution is 0.0950. The zero-order valence-electron chi connectivity index (χ0n) is 12.5. The summed E-state index contributed by atoms with van der Waals surface area (Å²) in [6.07, 6.45) is 6.50. The maximum Gasteiger partial charge on any atom is 0.251 e. The van der Waals surface area contributed by atoms with Crippen molar-refractivity contribution in [3.8, 4) is 11.6 Å². The second-order valence-corrected chi connectivity index (χ2v) is 4.93. The van der Waals surface area contributed by atoms with Crippen LogP contribution in [0.1, 0.15) is 30.1 Å². The first kappa shape index (κ1) is 15.9. The van der Waals surface area contributed by atoms with Gasteiger partial charge in [0.25, 0.3) is 5.91 Å². The summed E-state index contributed by atoms with van der Waals surface area (Å²) in [5.41, 5.74) is 6.41. The molecule has 1 aromatic heterocycles. The lowest BCUT2D eigenvalue weighted by Gasteiger charge is -2.12. The third-order valence-corrected chi connectivity index (χ3v) is 3.04. The van der Waals surface area contributed by atoms with E-state index in [4.69, 9.17) is 10.5 Å². The minimum Gasteiger partial charge on any atom is -0.437 e. The molecule has 1 heterocycles. The summed E-state index contributed by atoms with van der Waals surface area (Å²) in [6, 6.07) is 6.88. The van der Waals surface area contributed by atoms with Gasteiger partial charge >= 0.3 is 0 Å². The van der Waals surface area contributed by atoms with E-state index in [9.17, 15) is 4.79 Å². The van der Waals surface area contributed by atoms with E-state index < -0.39 is 0 Å². The highest BCUT2D eigenvalue weighted by Crippen LogP contribution is 2.19. The molecule has 0 aliphatic heterocycles. The quantitative estimate of drug-likeness (QED) is 0.817. The Hall–Kier alpha value is -2.47. The lowest BCUT2D eigenvalue weighted by atomic mass is 10.1. The molecule has 0 bridgehead atoms. The Morgan fingerprint density at radius 3 is 3.00 bits per heavy atom. The number of rotatable bonds is 7. The highest BCUT2D eigenvalue weighted by atomic mass is 16.5. The number of nitrogens with one attached hydrogen (secondary N) is 1. The molecule has 0 aliphatic carbocycles. The average molecular weight is 300 g/mol. The number of carbonyl (C=O) groups is 1. The van der Waals surface area contributed by atoms with E-state index in [-0.39, 0.29) is 11.9 Å². The molecule has 0 fully saturated rings. The molecule has 0 unspecified atom stereocenters. The third-order valence-electron chi connectivity index (χ3n) is 3.04. The SMILES string of the molecule is CCC[C@@H](N)CNC(=O)c1cccc(Oc2cnccn2)c1. The van der Waals surface area contributed by atoms with Crippen LogP contribution >= 0.6 is 0 Å². The maximum absolute atomic E-state index is 12.1. The molecule has 0 saturated carbocycles. The van der Waals surface area contributed by atoms with E-state index in [0.29, 0.717) is 23.7 Å². The van der Waals surface area contributed by atoms with Crippen molar-refractivity contribution >= 4 is 5.91 Å². The zero-order valence-corrected chi connectivity index (χ0v) is 12.5. The molecule has 6 nitrogen and oxygen atoms in total. The van der Waals surface area contributed by atoms with E-state index in [1.807, 2.05) is 0 Å². The fourth-order valence-corrected chi connectivity index (χ4v) is 1.96. The normalized spacial score (nSPS) is 11.7. The zero-order chi connectivity index (χ0) is 15.8. The predicted octanol–water partition coefficient (Wildman–Crippen LogP) is 2.13. The molecule has 0 saturated heterocycles. The Bertz CT molecular complexity index is 604. The summed E-state index contributed by atoms with van der Waals surface area (Å²) in [6.45, 7) is 2.52. The topological polar surface area (TPSA) is 90.1 Å². The summed E-state index contributed by atoms with van der Waals surface area (Å²) < 4.78 is 5.56. The van der Waals surface area contributed by atoms with Gasteiger partial charge in [-0.3, -0.25) is 9.78 Å². The summed E-state index contributed by atoms with van der Waals surface area (Å²) in [5, 5.41) is 2.83. The summed E-state index contributed by atoms with van der Waals surface area (Å²) in [4.78, 5) is 20.1. The van der Waals surface area contributed by atoms with Gasteiger partial charge in [-0.15, -0.1) is 0 Å². The lowest BCUT2D eigenvalue weighted by Crippen LogP contribution is -2.37. The van der Waals surface area contributed by atoms with Crippen molar-refractivity contribution in [2.45, 2.75) is 25.8 Å². The predicted molar refractivity (Wildman–Crippen MR) is 83.8 cm³/mol. The van der Waals surface area contributed by atoms with Crippen molar-refractivity contribution < 1.29 is 9.53 Å². The van der Waals surface area contributed by atoms with Gasteiger partial charge in [-0.2, -0.15) is 0 Å². The van der Waals surface area contributed by atoms with Crippen LogP contribution in [0, 0.1) is 0 Å². The van der Waals surface area contributed by atoms with Crippen LogP contribution in [0.3, 0.4) is 0 Å². The largest absolute Gasteiger partial charge is 0.437 e. The van der Waals surface area contributed by atoms with E-state index in [1.54, 1.807) is 36.7 Å². The summed E-state index contributed by atoms with van der Waals surface area (Å²) >= 11 is 0. The second kappa shape index (κ2) is 8.09. The van der Waals surface area contributed by atoms with Crippen LogP contribution in [0.4, 0.5) is 0 Å². The van der Waals surface area contributed by atoms with E-state index in [0.717, 1.165) is 12.8 Å².